The summed E-state index contributed by atoms with van der Waals surface area (Å²) in [7, 11) is 1.63. The fraction of sp³-hybridized carbons (Fsp3) is 0.348. The van der Waals surface area contributed by atoms with Crippen LogP contribution in [0.4, 0.5) is 0 Å². The summed E-state index contributed by atoms with van der Waals surface area (Å²) < 4.78 is 6.61. The molecule has 1 amide bonds. The van der Waals surface area contributed by atoms with Gasteiger partial charge in [-0.3, -0.25) is 14.2 Å². The van der Waals surface area contributed by atoms with E-state index in [2.05, 4.69) is 5.32 Å². The lowest BCUT2D eigenvalue weighted by Crippen LogP contribution is -2.33. The van der Waals surface area contributed by atoms with Crippen molar-refractivity contribution >= 4 is 40.2 Å². The quantitative estimate of drug-likeness (QED) is 0.309. The lowest BCUT2D eigenvalue weighted by atomic mass is 10.1. The average molecular weight is 460 g/mol. The van der Waals surface area contributed by atoms with Crippen molar-refractivity contribution in [3.8, 4) is 5.69 Å². The second-order valence-corrected chi connectivity index (χ2v) is 9.06. The van der Waals surface area contributed by atoms with Crippen molar-refractivity contribution in [2.24, 2.45) is 0 Å². The smallest absolute Gasteiger partial charge is 0.266 e. The van der Waals surface area contributed by atoms with Gasteiger partial charge in [0.25, 0.3) is 5.56 Å². The molecule has 0 saturated carbocycles. The van der Waals surface area contributed by atoms with E-state index in [1.165, 1.54) is 11.8 Å². The molecule has 2 aromatic carbocycles. The van der Waals surface area contributed by atoms with Gasteiger partial charge in [-0.15, -0.1) is 0 Å². The standard InChI is InChI=1S/C23H26ClN3O3S/c1-14-7-5-8-20(15(14)2)27-22(29)18-10-9-17(24)13-19(18)26-23(27)31-16(3)21(28)25-11-6-12-30-4/h5,7-10,13,16H,6,11-12H2,1-4H3,(H,25,28). The van der Waals surface area contributed by atoms with Gasteiger partial charge < -0.3 is 10.1 Å². The first kappa shape index (κ1) is 23.3. The van der Waals surface area contributed by atoms with Crippen molar-refractivity contribution in [3.05, 3.63) is 62.9 Å². The van der Waals surface area contributed by atoms with Crippen LogP contribution in [0.15, 0.2) is 46.3 Å². The van der Waals surface area contributed by atoms with Gasteiger partial charge in [-0.25, -0.2) is 4.98 Å². The maximum Gasteiger partial charge on any atom is 0.266 e. The van der Waals surface area contributed by atoms with E-state index >= 15 is 0 Å². The highest BCUT2D eigenvalue weighted by Gasteiger charge is 2.21. The average Bonchev–Trinajstić information content (AvgIpc) is 2.73. The molecular formula is C23H26ClN3O3S. The normalized spacial score (nSPS) is 12.2. The van der Waals surface area contributed by atoms with Crippen LogP contribution in [0, 0.1) is 13.8 Å². The summed E-state index contributed by atoms with van der Waals surface area (Å²) in [4.78, 5) is 30.8. The highest BCUT2D eigenvalue weighted by atomic mass is 35.5. The van der Waals surface area contributed by atoms with Crippen molar-refractivity contribution in [1.29, 1.82) is 0 Å². The Hall–Kier alpha value is -2.35. The number of hydrogen-bond donors (Lipinski definition) is 1. The molecule has 1 unspecified atom stereocenters. The zero-order valence-corrected chi connectivity index (χ0v) is 19.6. The minimum absolute atomic E-state index is 0.117. The van der Waals surface area contributed by atoms with Crippen molar-refractivity contribution in [1.82, 2.24) is 14.9 Å². The molecule has 31 heavy (non-hydrogen) atoms. The zero-order chi connectivity index (χ0) is 22.5. The molecule has 0 aliphatic carbocycles. The van der Waals surface area contributed by atoms with Gasteiger partial charge in [-0.05, 0) is 62.6 Å². The Morgan fingerprint density at radius 3 is 2.81 bits per heavy atom. The predicted octanol–water partition coefficient (Wildman–Crippen LogP) is 4.29. The van der Waals surface area contributed by atoms with Crippen LogP contribution in [0.2, 0.25) is 5.02 Å². The van der Waals surface area contributed by atoms with Crippen molar-refractivity contribution in [3.63, 3.8) is 0 Å². The molecule has 6 nitrogen and oxygen atoms in total. The predicted molar refractivity (Wildman–Crippen MR) is 127 cm³/mol. The molecule has 3 rings (SSSR count). The van der Waals surface area contributed by atoms with Crippen molar-refractivity contribution in [2.75, 3.05) is 20.3 Å². The Balaban J connectivity index is 2.05. The van der Waals surface area contributed by atoms with Crippen molar-refractivity contribution in [2.45, 2.75) is 37.6 Å². The number of rotatable bonds is 8. The molecule has 0 aliphatic rings. The third-order valence-electron chi connectivity index (χ3n) is 5.09. The third kappa shape index (κ3) is 5.29. The monoisotopic (exact) mass is 459 g/mol. The minimum Gasteiger partial charge on any atom is -0.385 e. The molecule has 164 valence electrons. The summed E-state index contributed by atoms with van der Waals surface area (Å²) in [6.45, 7) is 6.89. The molecule has 1 atom stereocenters. The Kier molecular flexibility index (Phi) is 7.75. The number of halogens is 1. The summed E-state index contributed by atoms with van der Waals surface area (Å²) in [5.41, 5.74) is 3.13. The Morgan fingerprint density at radius 2 is 2.06 bits per heavy atom. The number of benzene rings is 2. The second kappa shape index (κ2) is 10.3. The number of carbonyl (C=O) groups excluding carboxylic acids is 1. The molecule has 1 aromatic heterocycles. The van der Waals surface area contributed by atoms with E-state index in [4.69, 9.17) is 21.3 Å². The van der Waals surface area contributed by atoms with E-state index in [9.17, 15) is 9.59 Å². The second-order valence-electron chi connectivity index (χ2n) is 7.31. The van der Waals surface area contributed by atoms with Gasteiger partial charge in [-0.1, -0.05) is 35.5 Å². The number of ether oxygens (including phenoxy) is 1. The molecule has 0 saturated heterocycles. The lowest BCUT2D eigenvalue weighted by molar-refractivity contribution is -0.120. The van der Waals surface area contributed by atoms with Crippen LogP contribution < -0.4 is 10.9 Å². The number of hydrogen-bond acceptors (Lipinski definition) is 5. The van der Waals surface area contributed by atoms with Crippen LogP contribution in [0.3, 0.4) is 0 Å². The van der Waals surface area contributed by atoms with Gasteiger partial charge >= 0.3 is 0 Å². The molecule has 8 heteroatoms. The SMILES string of the molecule is COCCCNC(=O)C(C)Sc1nc2cc(Cl)ccc2c(=O)n1-c1cccc(C)c1C. The molecule has 1 N–H and O–H groups in total. The Bertz CT molecular complexity index is 1160. The highest BCUT2D eigenvalue weighted by molar-refractivity contribution is 8.00. The molecule has 0 fully saturated rings. The van der Waals surface area contributed by atoms with Gasteiger partial charge in [-0.2, -0.15) is 0 Å². The summed E-state index contributed by atoms with van der Waals surface area (Å²) in [6, 6.07) is 10.9. The van der Waals surface area contributed by atoms with Crippen molar-refractivity contribution < 1.29 is 9.53 Å². The number of fused-ring (bicyclic) bond motifs is 1. The topological polar surface area (TPSA) is 73.2 Å². The van der Waals surface area contributed by atoms with Gasteiger partial charge in [0.2, 0.25) is 5.91 Å². The zero-order valence-electron chi connectivity index (χ0n) is 18.1. The van der Waals surface area contributed by atoms with Crippen LogP contribution in [-0.2, 0) is 9.53 Å². The minimum atomic E-state index is -0.442. The number of amides is 1. The summed E-state index contributed by atoms with van der Waals surface area (Å²) in [6.07, 6.45) is 0.736. The number of aryl methyl sites for hydroxylation is 1. The molecule has 3 aromatic rings. The molecule has 0 radical (unpaired) electrons. The largest absolute Gasteiger partial charge is 0.385 e. The van der Waals surface area contributed by atoms with Crippen LogP contribution in [0.25, 0.3) is 16.6 Å². The highest BCUT2D eigenvalue weighted by Crippen LogP contribution is 2.28. The van der Waals surface area contributed by atoms with Crippen LogP contribution in [-0.4, -0.2) is 41.0 Å². The number of nitrogens with zero attached hydrogens (tertiary/aromatic N) is 2. The first-order chi connectivity index (χ1) is 14.8. The molecule has 0 bridgehead atoms. The molecular weight excluding hydrogens is 434 g/mol. The van der Waals surface area contributed by atoms with Gasteiger partial charge in [0.05, 0.1) is 21.8 Å². The lowest BCUT2D eigenvalue weighted by Gasteiger charge is -2.18. The summed E-state index contributed by atoms with van der Waals surface area (Å²) >= 11 is 7.39. The number of methoxy groups -OCH3 is 1. The third-order valence-corrected chi connectivity index (χ3v) is 6.38. The summed E-state index contributed by atoms with van der Waals surface area (Å²) in [5.74, 6) is -0.117. The Labute approximate surface area is 191 Å². The van der Waals surface area contributed by atoms with E-state index in [1.54, 1.807) is 36.8 Å². The fourth-order valence-electron chi connectivity index (χ4n) is 3.19. The van der Waals surface area contributed by atoms with Crippen LogP contribution in [0.5, 0.6) is 0 Å². The van der Waals surface area contributed by atoms with E-state index in [0.717, 1.165) is 23.2 Å². The maximum atomic E-state index is 13.5. The first-order valence-corrected chi connectivity index (χ1v) is 11.3. The molecule has 1 heterocycles. The van der Waals surface area contributed by atoms with Crippen LogP contribution >= 0.6 is 23.4 Å². The number of thioether (sulfide) groups is 1. The maximum absolute atomic E-state index is 13.5. The van der Waals surface area contributed by atoms with E-state index < -0.39 is 5.25 Å². The van der Waals surface area contributed by atoms with E-state index in [1.807, 2.05) is 32.0 Å². The number of nitrogens with one attached hydrogen (secondary N) is 1. The first-order valence-electron chi connectivity index (χ1n) is 10.1. The molecule has 0 aliphatic heterocycles. The van der Waals surface area contributed by atoms with Crippen LogP contribution in [0.1, 0.15) is 24.5 Å². The van der Waals surface area contributed by atoms with E-state index in [0.29, 0.717) is 34.2 Å². The fourth-order valence-corrected chi connectivity index (χ4v) is 4.30. The molecule has 0 spiro atoms. The van der Waals surface area contributed by atoms with E-state index in [-0.39, 0.29) is 11.5 Å². The van der Waals surface area contributed by atoms with Gasteiger partial charge in [0.1, 0.15) is 0 Å². The van der Waals surface area contributed by atoms with Gasteiger partial charge in [0, 0.05) is 25.3 Å². The summed E-state index contributed by atoms with van der Waals surface area (Å²) in [5, 5.41) is 3.89. The number of carbonyl (C=O) groups is 1. The van der Waals surface area contributed by atoms with Gasteiger partial charge in [0.15, 0.2) is 5.16 Å². The Morgan fingerprint density at radius 1 is 1.29 bits per heavy atom. The number of aromatic nitrogens is 2.